The summed E-state index contributed by atoms with van der Waals surface area (Å²) in [5.74, 6) is 1.85. The Bertz CT molecular complexity index is 505. The van der Waals surface area contributed by atoms with Crippen LogP contribution in [-0.2, 0) is 6.54 Å². The fourth-order valence-electron chi connectivity index (χ4n) is 1.81. The van der Waals surface area contributed by atoms with Crippen LogP contribution in [0.25, 0.3) is 11.3 Å². The van der Waals surface area contributed by atoms with Crippen molar-refractivity contribution in [3.05, 3.63) is 35.8 Å². The topological polar surface area (TPSA) is 49.9 Å². The van der Waals surface area contributed by atoms with Crippen LogP contribution in [-0.4, -0.2) is 24.1 Å². The van der Waals surface area contributed by atoms with Gasteiger partial charge in [0.2, 0.25) is 0 Å². The second kappa shape index (κ2) is 5.01. The Morgan fingerprint density at radius 1 is 1.41 bits per heavy atom. The van der Waals surface area contributed by atoms with Crippen LogP contribution in [0.5, 0.6) is 5.75 Å². The van der Waals surface area contributed by atoms with Crippen molar-refractivity contribution in [2.75, 3.05) is 14.2 Å². The third-order valence-corrected chi connectivity index (χ3v) is 2.68. The number of aromatic nitrogens is 2. The van der Waals surface area contributed by atoms with Crippen molar-refractivity contribution in [3.63, 3.8) is 0 Å². The van der Waals surface area contributed by atoms with E-state index in [9.17, 15) is 0 Å². The molecular formula is C13H17N3O. The molecule has 90 valence electrons. The van der Waals surface area contributed by atoms with Crippen molar-refractivity contribution < 1.29 is 4.74 Å². The van der Waals surface area contributed by atoms with E-state index in [-0.39, 0.29) is 0 Å². The molecule has 0 fully saturated rings. The third-order valence-electron chi connectivity index (χ3n) is 2.68. The first-order valence-corrected chi connectivity index (χ1v) is 5.58. The molecule has 17 heavy (non-hydrogen) atoms. The van der Waals surface area contributed by atoms with E-state index in [1.165, 1.54) is 0 Å². The zero-order chi connectivity index (χ0) is 12.3. The number of aromatic amines is 1. The number of methoxy groups -OCH3 is 1. The molecule has 0 atom stereocenters. The third kappa shape index (κ3) is 2.47. The number of hydrogen-bond donors (Lipinski definition) is 2. The molecule has 0 saturated heterocycles. The number of ether oxygens (including phenoxy) is 1. The number of aryl methyl sites for hydroxylation is 1. The lowest BCUT2D eigenvalue weighted by Crippen LogP contribution is -2.06. The van der Waals surface area contributed by atoms with Crippen molar-refractivity contribution in [1.82, 2.24) is 15.3 Å². The Kier molecular flexibility index (Phi) is 3.44. The largest absolute Gasteiger partial charge is 0.496 e. The highest BCUT2D eigenvalue weighted by Gasteiger charge is 2.05. The minimum Gasteiger partial charge on any atom is -0.496 e. The first kappa shape index (κ1) is 11.7. The molecule has 0 spiro atoms. The fraction of sp³-hybridized carbons (Fsp3) is 0.308. The van der Waals surface area contributed by atoms with E-state index in [1.807, 2.05) is 32.3 Å². The van der Waals surface area contributed by atoms with Crippen molar-refractivity contribution in [1.29, 1.82) is 0 Å². The van der Waals surface area contributed by atoms with Gasteiger partial charge in [-0.25, -0.2) is 4.98 Å². The van der Waals surface area contributed by atoms with E-state index in [0.717, 1.165) is 34.9 Å². The average molecular weight is 231 g/mol. The lowest BCUT2D eigenvalue weighted by Gasteiger charge is -2.05. The minimum atomic E-state index is 0.745. The molecule has 2 N–H and O–H groups in total. The highest BCUT2D eigenvalue weighted by atomic mass is 16.5. The van der Waals surface area contributed by atoms with Crippen LogP contribution in [0, 0.1) is 6.92 Å². The van der Waals surface area contributed by atoms with Gasteiger partial charge in [-0.15, -0.1) is 0 Å². The Balaban J connectivity index is 2.29. The Labute approximate surface area is 101 Å². The summed E-state index contributed by atoms with van der Waals surface area (Å²) in [7, 11) is 3.59. The van der Waals surface area contributed by atoms with Crippen molar-refractivity contribution in [2.24, 2.45) is 0 Å². The van der Waals surface area contributed by atoms with Gasteiger partial charge < -0.3 is 15.0 Å². The SMILES string of the molecule is CNCc1ncc(-c2ccc(OC)c(C)c2)[nH]1. The molecule has 0 aliphatic heterocycles. The maximum absolute atomic E-state index is 5.24. The van der Waals surface area contributed by atoms with Gasteiger partial charge in [0, 0.05) is 5.56 Å². The Morgan fingerprint density at radius 3 is 2.88 bits per heavy atom. The average Bonchev–Trinajstić information content (AvgIpc) is 2.78. The number of nitrogens with zero attached hydrogens (tertiary/aromatic N) is 1. The van der Waals surface area contributed by atoms with Crippen LogP contribution in [0.4, 0.5) is 0 Å². The van der Waals surface area contributed by atoms with Gasteiger partial charge in [-0.3, -0.25) is 0 Å². The monoisotopic (exact) mass is 231 g/mol. The molecule has 1 aromatic heterocycles. The van der Waals surface area contributed by atoms with Gasteiger partial charge in [-0.2, -0.15) is 0 Å². The Morgan fingerprint density at radius 2 is 2.24 bits per heavy atom. The zero-order valence-corrected chi connectivity index (χ0v) is 10.4. The standard InChI is InChI=1S/C13H17N3O/c1-9-6-10(4-5-12(9)17-3)11-7-15-13(16-11)8-14-2/h4-7,14H,8H2,1-3H3,(H,15,16). The van der Waals surface area contributed by atoms with Gasteiger partial charge >= 0.3 is 0 Å². The molecule has 4 nitrogen and oxygen atoms in total. The van der Waals surface area contributed by atoms with E-state index in [4.69, 9.17) is 4.74 Å². The number of hydrogen-bond acceptors (Lipinski definition) is 3. The summed E-state index contributed by atoms with van der Waals surface area (Å²) in [6.45, 7) is 2.78. The van der Waals surface area contributed by atoms with E-state index < -0.39 is 0 Å². The second-order valence-electron chi connectivity index (χ2n) is 3.96. The van der Waals surface area contributed by atoms with Gasteiger partial charge in [0.25, 0.3) is 0 Å². The lowest BCUT2D eigenvalue weighted by atomic mass is 10.1. The summed E-state index contributed by atoms with van der Waals surface area (Å²) >= 11 is 0. The number of rotatable bonds is 4. The van der Waals surface area contributed by atoms with E-state index in [2.05, 4.69) is 21.4 Å². The molecule has 0 bridgehead atoms. The molecule has 0 unspecified atom stereocenters. The van der Waals surface area contributed by atoms with Crippen LogP contribution in [0.1, 0.15) is 11.4 Å². The molecule has 4 heteroatoms. The van der Waals surface area contributed by atoms with Crippen LogP contribution in [0.3, 0.4) is 0 Å². The molecular weight excluding hydrogens is 214 g/mol. The molecule has 0 aliphatic carbocycles. The maximum Gasteiger partial charge on any atom is 0.121 e. The molecule has 1 aromatic carbocycles. The van der Waals surface area contributed by atoms with Crippen LogP contribution < -0.4 is 10.1 Å². The smallest absolute Gasteiger partial charge is 0.121 e. The number of H-pyrrole nitrogens is 1. The molecule has 1 heterocycles. The molecule has 0 aliphatic rings. The summed E-state index contributed by atoms with van der Waals surface area (Å²) in [5.41, 5.74) is 3.27. The summed E-state index contributed by atoms with van der Waals surface area (Å²) in [6, 6.07) is 6.10. The number of nitrogens with one attached hydrogen (secondary N) is 2. The van der Waals surface area contributed by atoms with Crippen molar-refractivity contribution in [2.45, 2.75) is 13.5 Å². The summed E-state index contributed by atoms with van der Waals surface area (Å²) < 4.78 is 5.24. The normalized spacial score (nSPS) is 10.5. The predicted octanol–water partition coefficient (Wildman–Crippen LogP) is 2.11. The van der Waals surface area contributed by atoms with Gasteiger partial charge in [-0.1, -0.05) is 0 Å². The van der Waals surface area contributed by atoms with Crippen molar-refractivity contribution >= 4 is 0 Å². The second-order valence-corrected chi connectivity index (χ2v) is 3.96. The van der Waals surface area contributed by atoms with E-state index >= 15 is 0 Å². The van der Waals surface area contributed by atoms with E-state index in [0.29, 0.717) is 0 Å². The van der Waals surface area contributed by atoms with E-state index in [1.54, 1.807) is 7.11 Å². The van der Waals surface area contributed by atoms with Gasteiger partial charge in [0.1, 0.15) is 11.6 Å². The molecule has 0 saturated carbocycles. The highest BCUT2D eigenvalue weighted by Crippen LogP contribution is 2.24. The first-order chi connectivity index (χ1) is 8.24. The first-order valence-electron chi connectivity index (χ1n) is 5.58. The van der Waals surface area contributed by atoms with Crippen LogP contribution in [0.15, 0.2) is 24.4 Å². The summed E-state index contributed by atoms with van der Waals surface area (Å²) in [4.78, 5) is 7.59. The molecule has 2 rings (SSSR count). The lowest BCUT2D eigenvalue weighted by molar-refractivity contribution is 0.412. The summed E-state index contributed by atoms with van der Waals surface area (Å²) in [5, 5.41) is 3.06. The predicted molar refractivity (Wildman–Crippen MR) is 68.1 cm³/mol. The van der Waals surface area contributed by atoms with Gasteiger partial charge in [0.15, 0.2) is 0 Å². The van der Waals surface area contributed by atoms with Crippen LogP contribution >= 0.6 is 0 Å². The quantitative estimate of drug-likeness (QED) is 0.847. The summed E-state index contributed by atoms with van der Waals surface area (Å²) in [6.07, 6.45) is 1.86. The molecule has 2 aromatic rings. The fourth-order valence-corrected chi connectivity index (χ4v) is 1.81. The molecule has 0 amide bonds. The maximum atomic E-state index is 5.24. The Hall–Kier alpha value is -1.81. The zero-order valence-electron chi connectivity index (χ0n) is 10.4. The number of imidazole rings is 1. The van der Waals surface area contributed by atoms with Gasteiger partial charge in [0.05, 0.1) is 25.5 Å². The van der Waals surface area contributed by atoms with Crippen molar-refractivity contribution in [3.8, 4) is 17.0 Å². The highest BCUT2D eigenvalue weighted by molar-refractivity contribution is 5.61. The van der Waals surface area contributed by atoms with Crippen LogP contribution in [0.2, 0.25) is 0 Å². The number of benzene rings is 1. The minimum absolute atomic E-state index is 0.745. The van der Waals surface area contributed by atoms with Gasteiger partial charge in [-0.05, 0) is 37.7 Å². The molecule has 0 radical (unpaired) electrons.